The number of carboxylic acid groups (broad SMARTS) is 1. The van der Waals surface area contributed by atoms with Crippen LogP contribution in [0.1, 0.15) is 54.4 Å². The maximum absolute atomic E-state index is 12.0. The lowest BCUT2D eigenvalue weighted by molar-refractivity contribution is -0.122. The van der Waals surface area contributed by atoms with E-state index in [-0.39, 0.29) is 11.5 Å². The molecule has 118 valence electrons. The molecule has 0 spiro atoms. The first-order valence-corrected chi connectivity index (χ1v) is 8.18. The third-order valence-electron chi connectivity index (χ3n) is 5.27. The van der Waals surface area contributed by atoms with E-state index >= 15 is 0 Å². The number of nitrogens with one attached hydrogen (secondary N) is 1. The smallest absolute Gasteiger partial charge is 0.335 e. The molecule has 3 rings (SSSR count). The number of aromatic carboxylic acids is 1. The van der Waals surface area contributed by atoms with Crippen LogP contribution in [0.15, 0.2) is 24.3 Å². The van der Waals surface area contributed by atoms with Gasteiger partial charge in [0.05, 0.1) is 5.56 Å². The summed E-state index contributed by atoms with van der Waals surface area (Å²) in [5, 5.41) is 12.0. The lowest BCUT2D eigenvalue weighted by Gasteiger charge is -2.42. The lowest BCUT2D eigenvalue weighted by Crippen LogP contribution is -2.43. The minimum atomic E-state index is -0.921. The average Bonchev–Trinajstić information content (AvgIpc) is 3.29. The van der Waals surface area contributed by atoms with Crippen molar-refractivity contribution < 1.29 is 14.7 Å². The fourth-order valence-corrected chi connectivity index (χ4v) is 3.49. The van der Waals surface area contributed by atoms with Gasteiger partial charge in [-0.25, -0.2) is 4.79 Å². The van der Waals surface area contributed by atoms with Gasteiger partial charge in [-0.2, -0.15) is 0 Å². The van der Waals surface area contributed by atoms with Gasteiger partial charge in [-0.1, -0.05) is 18.6 Å². The summed E-state index contributed by atoms with van der Waals surface area (Å²) < 4.78 is 0. The average molecular weight is 301 g/mol. The van der Waals surface area contributed by atoms with Gasteiger partial charge in [0.15, 0.2) is 0 Å². The summed E-state index contributed by atoms with van der Waals surface area (Å²) in [6.07, 6.45) is 7.65. The van der Waals surface area contributed by atoms with Crippen molar-refractivity contribution in [3.8, 4) is 0 Å². The number of benzene rings is 1. The second kappa shape index (κ2) is 6.11. The van der Waals surface area contributed by atoms with Crippen LogP contribution in [-0.4, -0.2) is 23.5 Å². The third-order valence-corrected chi connectivity index (χ3v) is 5.27. The van der Waals surface area contributed by atoms with Crippen molar-refractivity contribution in [1.82, 2.24) is 5.32 Å². The molecule has 2 aliphatic carbocycles. The molecule has 0 aliphatic heterocycles. The van der Waals surface area contributed by atoms with E-state index in [2.05, 4.69) is 5.32 Å². The summed E-state index contributed by atoms with van der Waals surface area (Å²) in [7, 11) is 0. The van der Waals surface area contributed by atoms with Crippen LogP contribution in [0, 0.1) is 11.3 Å². The Kier molecular flexibility index (Phi) is 4.19. The number of aryl methyl sites for hydroxylation is 1. The van der Waals surface area contributed by atoms with Gasteiger partial charge in [0.25, 0.3) is 0 Å². The van der Waals surface area contributed by atoms with E-state index in [1.54, 1.807) is 24.3 Å². The molecule has 1 aromatic carbocycles. The molecular weight excluding hydrogens is 278 g/mol. The summed E-state index contributed by atoms with van der Waals surface area (Å²) in [5.41, 5.74) is 1.70. The molecule has 22 heavy (non-hydrogen) atoms. The van der Waals surface area contributed by atoms with Crippen LogP contribution >= 0.6 is 0 Å². The maximum Gasteiger partial charge on any atom is 0.335 e. The minimum absolute atomic E-state index is 0.106. The SMILES string of the molecule is O=C(CCc1ccc(C(=O)O)cc1)NCC1(C2CC2)CCC1. The van der Waals surface area contributed by atoms with Gasteiger partial charge in [-0.05, 0) is 61.1 Å². The van der Waals surface area contributed by atoms with Gasteiger partial charge in [-0.15, -0.1) is 0 Å². The summed E-state index contributed by atoms with van der Waals surface area (Å²) in [5.74, 6) is 0.0366. The Bertz CT molecular complexity index is 556. The summed E-state index contributed by atoms with van der Waals surface area (Å²) in [6.45, 7) is 0.842. The molecule has 4 heteroatoms. The van der Waals surface area contributed by atoms with E-state index in [0.29, 0.717) is 18.3 Å². The molecule has 2 aliphatic rings. The summed E-state index contributed by atoms with van der Waals surface area (Å²) >= 11 is 0. The Morgan fingerprint density at radius 3 is 2.36 bits per heavy atom. The first-order valence-electron chi connectivity index (χ1n) is 8.18. The number of rotatable bonds is 7. The second-order valence-corrected chi connectivity index (χ2v) is 6.77. The van der Waals surface area contributed by atoms with Gasteiger partial charge >= 0.3 is 5.97 Å². The largest absolute Gasteiger partial charge is 0.478 e. The van der Waals surface area contributed by atoms with E-state index in [9.17, 15) is 9.59 Å². The Morgan fingerprint density at radius 1 is 1.18 bits per heavy atom. The zero-order valence-electron chi connectivity index (χ0n) is 12.8. The Morgan fingerprint density at radius 2 is 1.86 bits per heavy atom. The van der Waals surface area contributed by atoms with Crippen LogP contribution in [0.25, 0.3) is 0 Å². The van der Waals surface area contributed by atoms with Crippen LogP contribution < -0.4 is 5.32 Å². The van der Waals surface area contributed by atoms with Gasteiger partial charge in [0, 0.05) is 13.0 Å². The Labute approximate surface area is 130 Å². The van der Waals surface area contributed by atoms with Crippen molar-refractivity contribution in [3.05, 3.63) is 35.4 Å². The molecule has 2 N–H and O–H groups in total. The molecule has 2 fully saturated rings. The molecule has 0 saturated heterocycles. The van der Waals surface area contributed by atoms with Crippen LogP contribution in [0.2, 0.25) is 0 Å². The Balaban J connectivity index is 1.43. The van der Waals surface area contributed by atoms with Crippen molar-refractivity contribution >= 4 is 11.9 Å². The highest BCUT2D eigenvalue weighted by molar-refractivity contribution is 5.87. The zero-order valence-corrected chi connectivity index (χ0v) is 12.8. The second-order valence-electron chi connectivity index (χ2n) is 6.77. The van der Waals surface area contributed by atoms with Crippen molar-refractivity contribution in [3.63, 3.8) is 0 Å². The van der Waals surface area contributed by atoms with Crippen LogP contribution in [0.3, 0.4) is 0 Å². The topological polar surface area (TPSA) is 66.4 Å². The monoisotopic (exact) mass is 301 g/mol. The fourth-order valence-electron chi connectivity index (χ4n) is 3.49. The molecule has 0 bridgehead atoms. The minimum Gasteiger partial charge on any atom is -0.478 e. The Hall–Kier alpha value is -1.84. The van der Waals surface area contributed by atoms with Crippen molar-refractivity contribution in [2.45, 2.75) is 44.9 Å². The van der Waals surface area contributed by atoms with Gasteiger partial charge in [0.2, 0.25) is 5.91 Å². The number of hydrogen-bond donors (Lipinski definition) is 2. The van der Waals surface area contributed by atoms with Crippen LogP contribution in [-0.2, 0) is 11.2 Å². The van der Waals surface area contributed by atoms with Gasteiger partial charge in [-0.3, -0.25) is 4.79 Å². The van der Waals surface area contributed by atoms with E-state index in [1.807, 2.05) is 0 Å². The molecule has 0 aromatic heterocycles. The summed E-state index contributed by atoms with van der Waals surface area (Å²) in [6, 6.07) is 6.75. The number of carbonyl (C=O) groups is 2. The molecular formula is C18H23NO3. The zero-order chi connectivity index (χ0) is 15.6. The standard InChI is InChI=1S/C18H23NO3/c20-16(19-12-18(10-1-11-18)15-7-8-15)9-4-13-2-5-14(6-3-13)17(21)22/h2-3,5-6,15H,1,4,7-12H2,(H,19,20)(H,21,22). The predicted octanol–water partition coefficient (Wildman–Crippen LogP) is 3.01. The molecule has 4 nitrogen and oxygen atoms in total. The molecule has 1 aromatic rings. The highest BCUT2D eigenvalue weighted by Gasteiger charge is 2.48. The van der Waals surface area contributed by atoms with E-state index < -0.39 is 5.97 Å². The number of carbonyl (C=O) groups excluding carboxylic acids is 1. The van der Waals surface area contributed by atoms with E-state index in [0.717, 1.165) is 18.0 Å². The maximum atomic E-state index is 12.0. The van der Waals surface area contributed by atoms with Crippen LogP contribution in [0.5, 0.6) is 0 Å². The van der Waals surface area contributed by atoms with E-state index in [4.69, 9.17) is 5.11 Å². The quantitative estimate of drug-likeness (QED) is 0.813. The molecule has 0 atom stereocenters. The lowest BCUT2D eigenvalue weighted by atomic mass is 9.65. The van der Waals surface area contributed by atoms with Crippen molar-refractivity contribution in [2.75, 3.05) is 6.54 Å². The van der Waals surface area contributed by atoms with Gasteiger partial charge in [0.1, 0.15) is 0 Å². The molecule has 0 radical (unpaired) electrons. The van der Waals surface area contributed by atoms with E-state index in [1.165, 1.54) is 32.1 Å². The molecule has 0 heterocycles. The number of amides is 1. The van der Waals surface area contributed by atoms with Crippen molar-refractivity contribution in [1.29, 1.82) is 0 Å². The molecule has 1 amide bonds. The first kappa shape index (κ1) is 15.1. The highest BCUT2D eigenvalue weighted by Crippen LogP contribution is 2.56. The van der Waals surface area contributed by atoms with Crippen LogP contribution in [0.4, 0.5) is 0 Å². The fraction of sp³-hybridized carbons (Fsp3) is 0.556. The highest BCUT2D eigenvalue weighted by atomic mass is 16.4. The van der Waals surface area contributed by atoms with Gasteiger partial charge < -0.3 is 10.4 Å². The molecule has 0 unspecified atom stereocenters. The van der Waals surface area contributed by atoms with Crippen molar-refractivity contribution in [2.24, 2.45) is 11.3 Å². The summed E-state index contributed by atoms with van der Waals surface area (Å²) in [4.78, 5) is 22.8. The number of hydrogen-bond acceptors (Lipinski definition) is 2. The first-order chi connectivity index (χ1) is 10.6. The molecule has 2 saturated carbocycles. The normalized spacial score (nSPS) is 19.3. The third kappa shape index (κ3) is 3.32. The number of carboxylic acids is 1. The predicted molar refractivity (Wildman–Crippen MR) is 83.7 cm³/mol.